The quantitative estimate of drug-likeness (QED) is 0.801. The normalized spacial score (nSPS) is 11.8. The second-order valence-electron chi connectivity index (χ2n) is 4.73. The van der Waals surface area contributed by atoms with E-state index in [-0.39, 0.29) is 25.5 Å². The van der Waals surface area contributed by atoms with Crippen molar-refractivity contribution in [3.05, 3.63) is 29.3 Å². The molecule has 0 spiro atoms. The predicted molar refractivity (Wildman–Crippen MR) is 80.6 cm³/mol. The van der Waals surface area contributed by atoms with E-state index in [4.69, 9.17) is 21.4 Å². The van der Waals surface area contributed by atoms with Gasteiger partial charge in [0.05, 0.1) is 18.9 Å². The van der Waals surface area contributed by atoms with Crippen LogP contribution >= 0.6 is 11.6 Å². The van der Waals surface area contributed by atoms with Gasteiger partial charge in [0.25, 0.3) is 0 Å². The van der Waals surface area contributed by atoms with Crippen molar-refractivity contribution in [1.82, 2.24) is 4.90 Å². The molecule has 0 radical (unpaired) electrons. The van der Waals surface area contributed by atoms with Gasteiger partial charge in [-0.2, -0.15) is 0 Å². The number of aliphatic carboxylic acids is 1. The lowest BCUT2D eigenvalue weighted by atomic mass is 10.1. The van der Waals surface area contributed by atoms with Gasteiger partial charge in [-0.25, -0.2) is 0 Å². The molecule has 21 heavy (non-hydrogen) atoms. The van der Waals surface area contributed by atoms with Crippen molar-refractivity contribution in [3.8, 4) is 5.75 Å². The second kappa shape index (κ2) is 8.52. The van der Waals surface area contributed by atoms with Crippen LogP contribution in [0.25, 0.3) is 0 Å². The molecule has 5 nitrogen and oxygen atoms in total. The van der Waals surface area contributed by atoms with Crippen LogP contribution in [-0.4, -0.2) is 41.6 Å². The minimum atomic E-state index is -0.906. The van der Waals surface area contributed by atoms with Gasteiger partial charge in [0.15, 0.2) is 0 Å². The van der Waals surface area contributed by atoms with Crippen molar-refractivity contribution in [2.24, 2.45) is 5.92 Å². The minimum Gasteiger partial charge on any atom is -0.493 e. The van der Waals surface area contributed by atoms with Crippen LogP contribution in [0.3, 0.4) is 0 Å². The largest absolute Gasteiger partial charge is 0.493 e. The number of carboxylic acid groups (broad SMARTS) is 1. The molecule has 116 valence electrons. The monoisotopic (exact) mass is 313 g/mol. The molecule has 0 fully saturated rings. The number of benzene rings is 1. The number of carbonyl (C=O) groups is 2. The molecule has 1 aromatic carbocycles. The first-order valence-corrected chi connectivity index (χ1v) is 7.20. The van der Waals surface area contributed by atoms with Gasteiger partial charge in [0, 0.05) is 18.1 Å². The Morgan fingerprint density at radius 1 is 1.43 bits per heavy atom. The maximum absolute atomic E-state index is 12.0. The summed E-state index contributed by atoms with van der Waals surface area (Å²) in [6.45, 7) is 4.33. The Morgan fingerprint density at radius 2 is 2.14 bits per heavy atom. The predicted octanol–water partition coefficient (Wildman–Crippen LogP) is 2.68. The summed E-state index contributed by atoms with van der Waals surface area (Å²) in [4.78, 5) is 24.4. The molecular formula is C15H20ClNO4. The smallest absolute Gasteiger partial charge is 0.308 e. The van der Waals surface area contributed by atoms with Crippen LogP contribution in [0.2, 0.25) is 5.02 Å². The van der Waals surface area contributed by atoms with Gasteiger partial charge < -0.3 is 14.7 Å². The Labute approximate surface area is 129 Å². The first kappa shape index (κ1) is 17.3. The molecule has 0 saturated heterocycles. The number of amides is 1. The highest BCUT2D eigenvalue weighted by molar-refractivity contribution is 6.30. The maximum Gasteiger partial charge on any atom is 0.308 e. The summed E-state index contributed by atoms with van der Waals surface area (Å²) in [5, 5.41) is 9.46. The zero-order chi connectivity index (χ0) is 15.8. The van der Waals surface area contributed by atoms with Crippen molar-refractivity contribution in [1.29, 1.82) is 0 Å². The Hall–Kier alpha value is -1.75. The average Bonchev–Trinajstić information content (AvgIpc) is 2.44. The van der Waals surface area contributed by atoms with E-state index in [1.165, 1.54) is 4.90 Å². The molecule has 0 aliphatic carbocycles. The average molecular weight is 314 g/mol. The van der Waals surface area contributed by atoms with Crippen LogP contribution in [0.15, 0.2) is 24.3 Å². The fourth-order valence-corrected chi connectivity index (χ4v) is 1.97. The van der Waals surface area contributed by atoms with Crippen molar-refractivity contribution >= 4 is 23.5 Å². The summed E-state index contributed by atoms with van der Waals surface area (Å²) in [6.07, 6.45) is 0.201. The number of halogens is 1. The Balaban J connectivity index is 2.42. The van der Waals surface area contributed by atoms with Gasteiger partial charge in [0.1, 0.15) is 5.75 Å². The molecule has 0 saturated carbocycles. The molecule has 0 bridgehead atoms. The van der Waals surface area contributed by atoms with Crippen molar-refractivity contribution in [2.75, 3.05) is 19.7 Å². The van der Waals surface area contributed by atoms with E-state index in [1.54, 1.807) is 31.2 Å². The molecule has 1 aromatic rings. The lowest BCUT2D eigenvalue weighted by molar-refractivity contribution is -0.143. The van der Waals surface area contributed by atoms with Gasteiger partial charge in [-0.15, -0.1) is 0 Å². The van der Waals surface area contributed by atoms with Gasteiger partial charge in [-0.1, -0.05) is 24.6 Å². The maximum atomic E-state index is 12.0. The molecule has 0 aliphatic rings. The highest BCUT2D eigenvalue weighted by atomic mass is 35.5. The molecule has 0 aromatic heterocycles. The van der Waals surface area contributed by atoms with E-state index >= 15 is 0 Å². The van der Waals surface area contributed by atoms with E-state index in [9.17, 15) is 9.59 Å². The molecule has 0 heterocycles. The van der Waals surface area contributed by atoms with Gasteiger partial charge in [-0.05, 0) is 25.1 Å². The summed E-state index contributed by atoms with van der Waals surface area (Å²) < 4.78 is 5.46. The standard InChI is InChI=1S/C15H20ClNO4/c1-3-17(10-11(2)15(19)20)14(18)7-8-21-13-6-4-5-12(16)9-13/h4-6,9,11H,3,7-8,10H2,1-2H3,(H,19,20). The second-order valence-corrected chi connectivity index (χ2v) is 5.16. The zero-order valence-electron chi connectivity index (χ0n) is 12.2. The molecular weight excluding hydrogens is 294 g/mol. The third kappa shape index (κ3) is 6.04. The summed E-state index contributed by atoms with van der Waals surface area (Å²) >= 11 is 5.84. The van der Waals surface area contributed by atoms with Gasteiger partial charge in [0.2, 0.25) is 5.91 Å². The van der Waals surface area contributed by atoms with E-state index < -0.39 is 11.9 Å². The Bertz CT molecular complexity index is 492. The summed E-state index contributed by atoms with van der Waals surface area (Å²) in [7, 11) is 0. The topological polar surface area (TPSA) is 66.8 Å². The third-order valence-corrected chi connectivity index (χ3v) is 3.27. The SMILES string of the molecule is CCN(CC(C)C(=O)O)C(=O)CCOc1cccc(Cl)c1. The zero-order valence-corrected chi connectivity index (χ0v) is 13.0. The van der Waals surface area contributed by atoms with E-state index in [1.807, 2.05) is 6.92 Å². The number of nitrogens with zero attached hydrogens (tertiary/aromatic N) is 1. The summed E-state index contributed by atoms with van der Waals surface area (Å²) in [5.41, 5.74) is 0. The Morgan fingerprint density at radius 3 is 2.71 bits per heavy atom. The summed E-state index contributed by atoms with van der Waals surface area (Å²) in [5.74, 6) is -0.996. The first-order chi connectivity index (χ1) is 9.93. The molecule has 1 amide bonds. The first-order valence-electron chi connectivity index (χ1n) is 6.83. The summed E-state index contributed by atoms with van der Waals surface area (Å²) in [6, 6.07) is 6.95. The fourth-order valence-electron chi connectivity index (χ4n) is 1.79. The number of hydrogen-bond donors (Lipinski definition) is 1. The van der Waals surface area contributed by atoms with Crippen LogP contribution in [0.4, 0.5) is 0 Å². The number of ether oxygens (including phenoxy) is 1. The number of rotatable bonds is 8. The van der Waals surface area contributed by atoms with Crippen LogP contribution in [-0.2, 0) is 9.59 Å². The number of hydrogen-bond acceptors (Lipinski definition) is 3. The van der Waals surface area contributed by atoms with E-state index in [2.05, 4.69) is 0 Å². The van der Waals surface area contributed by atoms with Gasteiger partial charge in [-0.3, -0.25) is 9.59 Å². The van der Waals surface area contributed by atoms with Crippen LogP contribution in [0.5, 0.6) is 5.75 Å². The van der Waals surface area contributed by atoms with Crippen molar-refractivity contribution in [2.45, 2.75) is 20.3 Å². The number of carboxylic acids is 1. The van der Waals surface area contributed by atoms with E-state index in [0.29, 0.717) is 17.3 Å². The lowest BCUT2D eigenvalue weighted by Gasteiger charge is -2.23. The third-order valence-electron chi connectivity index (χ3n) is 3.03. The molecule has 0 aliphatic heterocycles. The van der Waals surface area contributed by atoms with E-state index in [0.717, 1.165) is 0 Å². The van der Waals surface area contributed by atoms with Crippen LogP contribution in [0, 0.1) is 5.92 Å². The molecule has 1 rings (SSSR count). The van der Waals surface area contributed by atoms with Crippen molar-refractivity contribution < 1.29 is 19.4 Å². The lowest BCUT2D eigenvalue weighted by Crippen LogP contribution is -2.37. The van der Waals surface area contributed by atoms with Crippen LogP contribution in [0.1, 0.15) is 20.3 Å². The van der Waals surface area contributed by atoms with Crippen LogP contribution < -0.4 is 4.74 Å². The van der Waals surface area contributed by atoms with Gasteiger partial charge >= 0.3 is 5.97 Å². The fraction of sp³-hybridized carbons (Fsp3) is 0.467. The number of carbonyl (C=O) groups excluding carboxylic acids is 1. The molecule has 1 atom stereocenters. The molecule has 1 unspecified atom stereocenters. The molecule has 1 N–H and O–H groups in total. The minimum absolute atomic E-state index is 0.118. The molecule has 6 heteroatoms. The Kier molecular flexibility index (Phi) is 7.02. The highest BCUT2D eigenvalue weighted by Crippen LogP contribution is 2.17. The highest BCUT2D eigenvalue weighted by Gasteiger charge is 2.19. The van der Waals surface area contributed by atoms with Crippen molar-refractivity contribution in [3.63, 3.8) is 0 Å².